The Hall–Kier alpha value is -3.99. The fourth-order valence-corrected chi connectivity index (χ4v) is 4.83. The number of nitrogens with one attached hydrogen (secondary N) is 2. The number of imidazole rings is 1. The average molecular weight is 521 g/mol. The molecule has 9 nitrogen and oxygen atoms in total. The quantitative estimate of drug-likeness (QED) is 0.383. The molecule has 5 rings (SSSR count). The van der Waals surface area contributed by atoms with Gasteiger partial charge in [0.15, 0.2) is 11.6 Å². The molecule has 1 aromatic carbocycles. The Bertz CT molecular complexity index is 1480. The second-order valence-electron chi connectivity index (χ2n) is 9.95. The first-order valence-electron chi connectivity index (χ1n) is 12.6. The monoisotopic (exact) mass is 520 g/mol. The molecular weight excluding hydrogens is 490 g/mol. The van der Waals surface area contributed by atoms with Gasteiger partial charge in [0.1, 0.15) is 22.9 Å². The van der Waals surface area contributed by atoms with E-state index >= 15 is 0 Å². The van der Waals surface area contributed by atoms with Gasteiger partial charge in [0.05, 0.1) is 17.3 Å². The smallest absolute Gasteiger partial charge is 0.253 e. The highest BCUT2D eigenvalue weighted by Gasteiger charge is 2.20. The Morgan fingerprint density at radius 1 is 1.05 bits per heavy atom. The van der Waals surface area contributed by atoms with Crippen LogP contribution in [-0.2, 0) is 0 Å². The van der Waals surface area contributed by atoms with E-state index in [0.29, 0.717) is 22.7 Å². The van der Waals surface area contributed by atoms with Crippen LogP contribution in [0.5, 0.6) is 0 Å². The molecule has 4 aromatic rings. The van der Waals surface area contributed by atoms with Crippen molar-refractivity contribution in [2.45, 2.75) is 45.7 Å². The number of amides is 1. The molecule has 0 aliphatic carbocycles. The Kier molecular flexibility index (Phi) is 7.02. The predicted octanol–water partition coefficient (Wildman–Crippen LogP) is 4.62. The third-order valence-corrected chi connectivity index (χ3v) is 6.78. The second-order valence-corrected chi connectivity index (χ2v) is 9.95. The number of anilines is 2. The largest absolute Gasteiger partial charge is 0.349 e. The number of carbonyl (C=O) groups is 1. The first kappa shape index (κ1) is 25.7. The molecule has 1 fully saturated rings. The van der Waals surface area contributed by atoms with E-state index < -0.39 is 11.6 Å². The first-order chi connectivity index (χ1) is 18.2. The lowest BCUT2D eigenvalue weighted by Crippen LogP contribution is -2.43. The summed E-state index contributed by atoms with van der Waals surface area (Å²) in [5.74, 6) is -0.267. The van der Waals surface area contributed by atoms with Gasteiger partial charge >= 0.3 is 0 Å². The van der Waals surface area contributed by atoms with Crippen molar-refractivity contribution in [1.29, 1.82) is 0 Å². The van der Waals surface area contributed by atoms with Gasteiger partial charge in [0, 0.05) is 23.8 Å². The van der Waals surface area contributed by atoms with E-state index in [4.69, 9.17) is 0 Å². The number of hydrogen-bond acceptors (Lipinski definition) is 7. The number of nitrogens with zero attached hydrogens (tertiary/aromatic N) is 6. The van der Waals surface area contributed by atoms with Crippen molar-refractivity contribution in [2.75, 3.05) is 25.5 Å². The van der Waals surface area contributed by atoms with Gasteiger partial charge < -0.3 is 20.1 Å². The van der Waals surface area contributed by atoms with Gasteiger partial charge in [-0.1, -0.05) is 0 Å². The van der Waals surface area contributed by atoms with Crippen LogP contribution < -0.4 is 10.6 Å². The highest BCUT2D eigenvalue weighted by atomic mass is 19.1. The van der Waals surface area contributed by atoms with Crippen LogP contribution in [0.15, 0.2) is 36.7 Å². The minimum atomic E-state index is -0.685. The lowest BCUT2D eigenvalue weighted by Gasteiger charge is -2.29. The fraction of sp³-hybridized carbons (Fsp3) is 0.370. The lowest BCUT2D eigenvalue weighted by atomic mass is 10.1. The number of fused-ring (bicyclic) bond motifs is 1. The summed E-state index contributed by atoms with van der Waals surface area (Å²) < 4.78 is 31.6. The van der Waals surface area contributed by atoms with Crippen molar-refractivity contribution in [1.82, 2.24) is 34.7 Å². The number of aromatic nitrogens is 5. The Morgan fingerprint density at radius 2 is 1.82 bits per heavy atom. The first-order valence-corrected chi connectivity index (χ1v) is 12.6. The maximum Gasteiger partial charge on any atom is 0.253 e. The van der Waals surface area contributed by atoms with Crippen LogP contribution in [0.1, 0.15) is 48.9 Å². The molecule has 1 amide bonds. The molecule has 11 heteroatoms. The van der Waals surface area contributed by atoms with E-state index in [-0.39, 0.29) is 40.7 Å². The van der Waals surface area contributed by atoms with Gasteiger partial charge in [-0.25, -0.2) is 28.7 Å². The maximum atomic E-state index is 14.9. The molecule has 1 saturated heterocycles. The summed E-state index contributed by atoms with van der Waals surface area (Å²) >= 11 is 0. The number of piperidine rings is 1. The third-order valence-electron chi connectivity index (χ3n) is 6.78. The zero-order chi connectivity index (χ0) is 27.0. The lowest BCUT2D eigenvalue weighted by molar-refractivity contribution is 0.0916. The average Bonchev–Trinajstić information content (AvgIpc) is 3.23. The van der Waals surface area contributed by atoms with Crippen molar-refractivity contribution < 1.29 is 13.6 Å². The topological polar surface area (TPSA) is 101 Å². The van der Waals surface area contributed by atoms with Crippen molar-refractivity contribution in [3.8, 4) is 11.3 Å². The summed E-state index contributed by atoms with van der Waals surface area (Å²) in [6.07, 6.45) is 4.32. The van der Waals surface area contributed by atoms with Crippen LogP contribution in [0, 0.1) is 18.6 Å². The van der Waals surface area contributed by atoms with E-state index in [0.717, 1.165) is 32.1 Å². The van der Waals surface area contributed by atoms with Crippen LogP contribution in [0.2, 0.25) is 0 Å². The third kappa shape index (κ3) is 5.19. The molecule has 198 valence electrons. The number of halogens is 2. The number of pyridine rings is 1. The summed E-state index contributed by atoms with van der Waals surface area (Å²) in [6, 6.07) is 6.39. The number of hydrogen-bond donors (Lipinski definition) is 2. The molecule has 0 saturated carbocycles. The number of aryl methyl sites for hydroxylation is 1. The molecule has 0 bridgehead atoms. The van der Waals surface area contributed by atoms with Gasteiger partial charge in [0.2, 0.25) is 5.95 Å². The van der Waals surface area contributed by atoms with E-state index in [1.54, 1.807) is 18.2 Å². The number of likely N-dealkylation sites (tertiary alicyclic amines) is 1. The minimum absolute atomic E-state index is 0.0441. The standard InChI is InChI=1S/C27H30F2N8O/c1-15(2)37-16(3)32-25-20(28)11-18(12-22(25)37)24-21(29)14-31-27(35-24)34-23-6-5-17(13-30-23)26(38)33-19-7-9-36(4)10-8-19/h5-6,11-15,19H,7-10H2,1-4H3,(H,33,38)(H,30,31,34,35). The predicted molar refractivity (Wildman–Crippen MR) is 141 cm³/mol. The van der Waals surface area contributed by atoms with Crippen LogP contribution in [0.4, 0.5) is 20.5 Å². The molecule has 38 heavy (non-hydrogen) atoms. The second kappa shape index (κ2) is 10.4. The van der Waals surface area contributed by atoms with Gasteiger partial charge in [-0.2, -0.15) is 0 Å². The summed E-state index contributed by atoms with van der Waals surface area (Å²) in [5.41, 5.74) is 1.46. The van der Waals surface area contributed by atoms with Gasteiger partial charge in [0.25, 0.3) is 5.91 Å². The number of rotatable bonds is 6. The number of benzene rings is 1. The van der Waals surface area contributed by atoms with E-state index in [1.165, 1.54) is 12.3 Å². The molecule has 0 radical (unpaired) electrons. The molecular formula is C27H30F2N8O. The molecule has 0 unspecified atom stereocenters. The SMILES string of the molecule is Cc1nc2c(F)cc(-c3nc(Nc4ccc(C(=O)NC5CCN(C)CC5)cn4)ncc3F)cc2n1C(C)C. The highest BCUT2D eigenvalue weighted by Crippen LogP contribution is 2.30. The summed E-state index contributed by atoms with van der Waals surface area (Å²) in [5, 5.41) is 5.99. The van der Waals surface area contributed by atoms with Gasteiger partial charge in [-0.05, 0) is 78.0 Å². The summed E-state index contributed by atoms with van der Waals surface area (Å²) in [7, 11) is 2.07. The molecule has 1 aliphatic heterocycles. The van der Waals surface area contributed by atoms with E-state index in [1.807, 2.05) is 25.3 Å². The van der Waals surface area contributed by atoms with Crippen LogP contribution >= 0.6 is 0 Å². The number of carbonyl (C=O) groups excluding carboxylic acids is 1. The molecule has 4 heterocycles. The van der Waals surface area contributed by atoms with Crippen LogP contribution in [0.25, 0.3) is 22.3 Å². The van der Waals surface area contributed by atoms with Gasteiger partial charge in [-0.15, -0.1) is 0 Å². The molecule has 0 atom stereocenters. The molecule has 2 N–H and O–H groups in total. The molecule has 1 aliphatic rings. The van der Waals surface area contributed by atoms with Crippen molar-refractivity contribution in [3.05, 3.63) is 59.7 Å². The van der Waals surface area contributed by atoms with E-state index in [2.05, 4.69) is 42.5 Å². The zero-order valence-corrected chi connectivity index (χ0v) is 21.8. The Labute approximate surface area is 219 Å². The maximum absolute atomic E-state index is 14.9. The van der Waals surface area contributed by atoms with Crippen molar-refractivity contribution in [3.63, 3.8) is 0 Å². The highest BCUT2D eigenvalue weighted by molar-refractivity contribution is 5.94. The van der Waals surface area contributed by atoms with Crippen molar-refractivity contribution in [2.24, 2.45) is 0 Å². The summed E-state index contributed by atoms with van der Waals surface area (Å²) in [4.78, 5) is 31.8. The minimum Gasteiger partial charge on any atom is -0.349 e. The zero-order valence-electron chi connectivity index (χ0n) is 21.8. The van der Waals surface area contributed by atoms with E-state index in [9.17, 15) is 13.6 Å². The Morgan fingerprint density at radius 3 is 2.50 bits per heavy atom. The van der Waals surface area contributed by atoms with Gasteiger partial charge in [-0.3, -0.25) is 4.79 Å². The molecule has 0 spiro atoms. The fourth-order valence-electron chi connectivity index (χ4n) is 4.83. The van der Waals surface area contributed by atoms with Crippen molar-refractivity contribution >= 4 is 28.7 Å². The van der Waals surface area contributed by atoms with Crippen LogP contribution in [0.3, 0.4) is 0 Å². The Balaban J connectivity index is 1.35. The normalized spacial score (nSPS) is 14.8. The summed E-state index contributed by atoms with van der Waals surface area (Å²) in [6.45, 7) is 7.66. The van der Waals surface area contributed by atoms with Crippen LogP contribution in [-0.4, -0.2) is 61.5 Å². The molecule has 3 aromatic heterocycles.